The Bertz CT molecular complexity index is 580. The summed E-state index contributed by atoms with van der Waals surface area (Å²) in [6.07, 6.45) is 5.03. The van der Waals surface area contributed by atoms with Crippen molar-refractivity contribution in [1.29, 1.82) is 0 Å². The van der Waals surface area contributed by atoms with Gasteiger partial charge in [-0.15, -0.1) is 0 Å². The van der Waals surface area contributed by atoms with Crippen molar-refractivity contribution in [2.45, 2.75) is 65.3 Å². The number of nitrogens with one attached hydrogen (secondary N) is 4. The summed E-state index contributed by atoms with van der Waals surface area (Å²) in [5, 5.41) is 7.80. The average molecular weight is 428 g/mol. The van der Waals surface area contributed by atoms with Gasteiger partial charge in [0.25, 0.3) is 0 Å². The first-order valence-electron chi connectivity index (χ1n) is 10.5. The molecule has 10 nitrogen and oxygen atoms in total. The highest BCUT2D eigenvalue weighted by molar-refractivity contribution is 6.39. The fourth-order valence-electron chi connectivity index (χ4n) is 2.69. The van der Waals surface area contributed by atoms with E-state index >= 15 is 0 Å². The van der Waals surface area contributed by atoms with Crippen molar-refractivity contribution in [3.8, 4) is 0 Å². The molecule has 0 saturated heterocycles. The van der Waals surface area contributed by atoms with Gasteiger partial charge in [-0.3, -0.25) is 29.8 Å². The fraction of sp³-hybridized carbons (Fsp3) is 0.750. The minimum absolute atomic E-state index is 0.0180. The van der Waals surface area contributed by atoms with Crippen LogP contribution in [0.15, 0.2) is 0 Å². The van der Waals surface area contributed by atoms with Crippen molar-refractivity contribution in [2.24, 2.45) is 11.8 Å². The van der Waals surface area contributed by atoms with E-state index in [1.807, 2.05) is 0 Å². The molecule has 0 aromatic rings. The molecular formula is C20H37N5O5. The lowest BCUT2D eigenvalue weighted by atomic mass is 10.0. The number of unbranched alkanes of at least 4 members (excludes halogenated alkanes) is 4. The van der Waals surface area contributed by atoms with E-state index in [4.69, 9.17) is 5.84 Å². The molecule has 0 aromatic heterocycles. The van der Waals surface area contributed by atoms with Gasteiger partial charge in [0.05, 0.1) is 19.6 Å². The largest absolute Gasteiger partial charge is 0.356 e. The van der Waals surface area contributed by atoms with Gasteiger partial charge in [-0.2, -0.15) is 0 Å². The van der Waals surface area contributed by atoms with Crippen LogP contribution < -0.4 is 27.2 Å². The maximum Gasteiger partial charge on any atom is 0.239 e. The predicted octanol–water partition coefficient (Wildman–Crippen LogP) is -0.636. The van der Waals surface area contributed by atoms with Crippen LogP contribution in [-0.2, 0) is 24.0 Å². The molecule has 30 heavy (non-hydrogen) atoms. The van der Waals surface area contributed by atoms with Gasteiger partial charge in [-0.05, 0) is 18.8 Å². The Labute approximate surface area is 178 Å². The summed E-state index contributed by atoms with van der Waals surface area (Å²) < 4.78 is 0. The van der Waals surface area contributed by atoms with Crippen LogP contribution in [0.3, 0.4) is 0 Å². The van der Waals surface area contributed by atoms with E-state index in [0.717, 1.165) is 32.1 Å². The highest BCUT2D eigenvalue weighted by atomic mass is 16.2. The van der Waals surface area contributed by atoms with E-state index in [-0.39, 0.29) is 30.7 Å². The molecule has 1 atom stereocenters. The Morgan fingerprint density at radius 3 is 2.00 bits per heavy atom. The Kier molecular flexibility index (Phi) is 15.4. The van der Waals surface area contributed by atoms with Crippen molar-refractivity contribution in [2.75, 3.05) is 26.2 Å². The molecule has 2 amide bonds. The van der Waals surface area contributed by atoms with Gasteiger partial charge >= 0.3 is 0 Å². The zero-order valence-corrected chi connectivity index (χ0v) is 18.3. The van der Waals surface area contributed by atoms with Gasteiger partial charge in [-0.1, -0.05) is 33.1 Å². The SMILES string of the molecule is CC(=O)NCCCCCCCC(=O)CNCC(=O)C(=O)CNC(=O)[C@@H](NN)C(C)C. The summed E-state index contributed by atoms with van der Waals surface area (Å²) in [7, 11) is 0. The maximum absolute atomic E-state index is 11.9. The Hall–Kier alpha value is -2.17. The van der Waals surface area contributed by atoms with Crippen LogP contribution in [0, 0.1) is 5.92 Å². The smallest absolute Gasteiger partial charge is 0.239 e. The lowest BCUT2D eigenvalue weighted by molar-refractivity contribution is -0.136. The van der Waals surface area contributed by atoms with Crippen LogP contribution >= 0.6 is 0 Å². The second kappa shape index (κ2) is 16.6. The summed E-state index contributed by atoms with van der Waals surface area (Å²) in [6.45, 7) is 5.15. The first kappa shape index (κ1) is 27.8. The van der Waals surface area contributed by atoms with Gasteiger partial charge in [0.2, 0.25) is 23.4 Å². The number of carbonyl (C=O) groups excluding carboxylic acids is 5. The molecule has 0 aliphatic rings. The Morgan fingerprint density at radius 2 is 1.40 bits per heavy atom. The molecule has 0 aliphatic heterocycles. The zero-order chi connectivity index (χ0) is 22.9. The first-order valence-corrected chi connectivity index (χ1v) is 10.5. The summed E-state index contributed by atoms with van der Waals surface area (Å²) in [6, 6.07) is -0.652. The molecule has 172 valence electrons. The van der Waals surface area contributed by atoms with Gasteiger partial charge in [0.1, 0.15) is 11.8 Å². The van der Waals surface area contributed by atoms with E-state index in [1.54, 1.807) is 13.8 Å². The lowest BCUT2D eigenvalue weighted by Gasteiger charge is -2.18. The van der Waals surface area contributed by atoms with Gasteiger partial charge in [0, 0.05) is 19.9 Å². The number of rotatable bonds is 18. The number of amides is 2. The number of carbonyl (C=O) groups is 5. The van der Waals surface area contributed by atoms with Gasteiger partial charge in [0.15, 0.2) is 0 Å². The summed E-state index contributed by atoms with van der Waals surface area (Å²) in [5.41, 5.74) is 2.37. The number of hydrogen-bond donors (Lipinski definition) is 5. The van der Waals surface area contributed by atoms with E-state index in [1.165, 1.54) is 6.92 Å². The lowest BCUT2D eigenvalue weighted by Crippen LogP contribution is -2.51. The van der Waals surface area contributed by atoms with E-state index in [9.17, 15) is 24.0 Å². The van der Waals surface area contributed by atoms with Gasteiger partial charge < -0.3 is 16.0 Å². The number of Topliss-reactive ketones (excluding diaryl/α,β-unsaturated/α-hetero) is 3. The second-order valence-electron chi connectivity index (χ2n) is 7.60. The monoisotopic (exact) mass is 427 g/mol. The topological polar surface area (TPSA) is 159 Å². The van der Waals surface area contributed by atoms with Crippen molar-refractivity contribution < 1.29 is 24.0 Å². The van der Waals surface area contributed by atoms with Crippen molar-refractivity contribution in [3.63, 3.8) is 0 Å². The molecule has 0 saturated carbocycles. The minimum atomic E-state index is -0.734. The zero-order valence-electron chi connectivity index (χ0n) is 18.3. The summed E-state index contributed by atoms with van der Waals surface area (Å²) in [4.78, 5) is 58.0. The van der Waals surface area contributed by atoms with Crippen LogP contribution in [0.1, 0.15) is 59.3 Å². The third kappa shape index (κ3) is 13.9. The molecule has 0 aliphatic carbocycles. The Morgan fingerprint density at radius 1 is 0.800 bits per heavy atom. The molecule has 0 aromatic carbocycles. The maximum atomic E-state index is 11.9. The third-order valence-electron chi connectivity index (χ3n) is 4.48. The third-order valence-corrected chi connectivity index (χ3v) is 4.48. The van der Waals surface area contributed by atoms with Crippen LogP contribution in [0.2, 0.25) is 0 Å². The fourth-order valence-corrected chi connectivity index (χ4v) is 2.69. The molecule has 0 rings (SSSR count). The number of nitrogens with two attached hydrogens (primary N) is 1. The molecule has 0 heterocycles. The first-order chi connectivity index (χ1) is 14.2. The van der Waals surface area contributed by atoms with Gasteiger partial charge in [-0.25, -0.2) is 5.43 Å². The molecule has 0 spiro atoms. The van der Waals surface area contributed by atoms with E-state index < -0.39 is 30.1 Å². The van der Waals surface area contributed by atoms with Crippen molar-refractivity contribution in [1.82, 2.24) is 21.4 Å². The van der Waals surface area contributed by atoms with Crippen LogP contribution in [-0.4, -0.2) is 61.4 Å². The van der Waals surface area contributed by atoms with E-state index in [2.05, 4.69) is 21.4 Å². The molecule has 0 fully saturated rings. The highest BCUT2D eigenvalue weighted by Crippen LogP contribution is 2.05. The molecule has 0 bridgehead atoms. The number of ketones is 3. The Balaban J connectivity index is 3.81. The molecule has 10 heteroatoms. The molecule has 0 unspecified atom stereocenters. The van der Waals surface area contributed by atoms with Crippen molar-refractivity contribution >= 4 is 29.2 Å². The van der Waals surface area contributed by atoms with E-state index in [0.29, 0.717) is 13.0 Å². The average Bonchev–Trinajstić information content (AvgIpc) is 2.67. The summed E-state index contributed by atoms with van der Waals surface area (Å²) >= 11 is 0. The minimum Gasteiger partial charge on any atom is -0.356 e. The summed E-state index contributed by atoms with van der Waals surface area (Å²) in [5.74, 6) is 3.30. The normalized spacial score (nSPS) is 11.8. The van der Waals surface area contributed by atoms with Crippen molar-refractivity contribution in [3.05, 3.63) is 0 Å². The molecule has 0 radical (unpaired) electrons. The molecule has 6 N–H and O–H groups in total. The predicted molar refractivity (Wildman–Crippen MR) is 113 cm³/mol. The second-order valence-corrected chi connectivity index (χ2v) is 7.60. The van der Waals surface area contributed by atoms with Crippen LogP contribution in [0.4, 0.5) is 0 Å². The van der Waals surface area contributed by atoms with Crippen LogP contribution in [0.5, 0.6) is 0 Å². The molecular weight excluding hydrogens is 390 g/mol. The standard InChI is InChI=1S/C20H37N5O5/c1-14(2)19(25-21)20(30)24-13-18(29)17(28)12-22-11-16(27)9-7-5-4-6-8-10-23-15(3)26/h14,19,22,25H,4-13,21H2,1-3H3,(H,23,26)(H,24,30)/t19-/m0/s1. The number of hydrogen-bond acceptors (Lipinski definition) is 8. The quantitative estimate of drug-likeness (QED) is 0.0836. The van der Waals surface area contributed by atoms with Crippen LogP contribution in [0.25, 0.3) is 0 Å². The highest BCUT2D eigenvalue weighted by Gasteiger charge is 2.22. The number of hydrazine groups is 1.